The van der Waals surface area contributed by atoms with E-state index in [1.165, 1.54) is 5.56 Å². The molecular weight excluding hydrogens is 250 g/mol. The molecule has 98 valence electrons. The fraction of sp³-hybridized carbons (Fsp3) is 0.500. The zero-order valence-corrected chi connectivity index (χ0v) is 11.0. The minimum absolute atomic E-state index is 0.247. The van der Waals surface area contributed by atoms with Crippen molar-refractivity contribution in [3.05, 3.63) is 34.9 Å². The molecule has 18 heavy (non-hydrogen) atoms. The Labute approximate surface area is 112 Å². The first-order valence-electron chi connectivity index (χ1n) is 6.36. The molecule has 1 aromatic rings. The van der Waals surface area contributed by atoms with E-state index in [0.29, 0.717) is 18.4 Å². The van der Waals surface area contributed by atoms with E-state index in [-0.39, 0.29) is 6.42 Å². The van der Waals surface area contributed by atoms with E-state index in [2.05, 4.69) is 11.4 Å². The minimum atomic E-state index is -0.720. The lowest BCUT2D eigenvalue weighted by Gasteiger charge is -2.36. The molecule has 4 heteroatoms. The van der Waals surface area contributed by atoms with Gasteiger partial charge in [0.15, 0.2) is 0 Å². The molecule has 0 radical (unpaired) electrons. The van der Waals surface area contributed by atoms with Crippen LogP contribution in [0.3, 0.4) is 0 Å². The predicted octanol–water partition coefficient (Wildman–Crippen LogP) is 3.04. The predicted molar refractivity (Wildman–Crippen MR) is 72.1 cm³/mol. The molecule has 0 bridgehead atoms. The Kier molecular flexibility index (Phi) is 4.61. The Morgan fingerprint density at radius 1 is 1.44 bits per heavy atom. The van der Waals surface area contributed by atoms with Crippen molar-refractivity contribution in [1.29, 1.82) is 0 Å². The second-order valence-corrected chi connectivity index (χ2v) is 5.31. The summed E-state index contributed by atoms with van der Waals surface area (Å²) in [5, 5.41) is 12.7. The van der Waals surface area contributed by atoms with Gasteiger partial charge in [-0.15, -0.1) is 0 Å². The van der Waals surface area contributed by atoms with Gasteiger partial charge in [0.1, 0.15) is 0 Å². The normalized spacial score (nSPS) is 22.5. The van der Waals surface area contributed by atoms with E-state index in [4.69, 9.17) is 16.7 Å². The van der Waals surface area contributed by atoms with Gasteiger partial charge in [-0.2, -0.15) is 0 Å². The van der Waals surface area contributed by atoms with Crippen molar-refractivity contribution in [3.63, 3.8) is 0 Å². The van der Waals surface area contributed by atoms with E-state index < -0.39 is 5.97 Å². The number of carboxylic acids is 1. The first-order chi connectivity index (χ1) is 8.65. The Hall–Kier alpha value is -1.06. The molecule has 0 amide bonds. The summed E-state index contributed by atoms with van der Waals surface area (Å²) in [5.74, 6) is -0.122. The van der Waals surface area contributed by atoms with Crippen molar-refractivity contribution in [2.24, 2.45) is 0 Å². The molecule has 0 spiro atoms. The smallest absolute Gasteiger partial charge is 0.303 e. The van der Waals surface area contributed by atoms with Crippen LogP contribution in [0.15, 0.2) is 24.3 Å². The molecule has 0 saturated heterocycles. The number of carbonyl (C=O) groups is 1. The van der Waals surface area contributed by atoms with Gasteiger partial charge in [-0.05, 0) is 49.4 Å². The van der Waals surface area contributed by atoms with Gasteiger partial charge in [-0.3, -0.25) is 4.79 Å². The average Bonchev–Trinajstić information content (AvgIpc) is 2.25. The maximum absolute atomic E-state index is 10.4. The topological polar surface area (TPSA) is 49.3 Å². The third-order valence-corrected chi connectivity index (χ3v) is 3.69. The van der Waals surface area contributed by atoms with Crippen LogP contribution in [-0.4, -0.2) is 23.7 Å². The highest BCUT2D eigenvalue weighted by molar-refractivity contribution is 6.30. The standard InChI is InChI=1S/C14H18ClNO2/c15-12-4-1-3-10(7-12)11-8-13(9-11)16-6-2-5-14(17)18/h1,3-4,7,11,13,16H,2,5-6,8-9H2,(H,17,18). The van der Waals surface area contributed by atoms with Crippen molar-refractivity contribution in [1.82, 2.24) is 5.32 Å². The van der Waals surface area contributed by atoms with Crippen LogP contribution in [-0.2, 0) is 4.79 Å². The van der Waals surface area contributed by atoms with E-state index in [1.54, 1.807) is 0 Å². The molecule has 1 aliphatic rings. The number of hydrogen-bond donors (Lipinski definition) is 2. The van der Waals surface area contributed by atoms with Crippen LogP contribution in [0.4, 0.5) is 0 Å². The molecule has 2 rings (SSSR count). The van der Waals surface area contributed by atoms with Crippen LogP contribution in [0, 0.1) is 0 Å². The molecular formula is C14H18ClNO2. The van der Waals surface area contributed by atoms with Gasteiger partial charge in [0, 0.05) is 17.5 Å². The van der Waals surface area contributed by atoms with E-state index in [9.17, 15) is 4.79 Å². The van der Waals surface area contributed by atoms with E-state index in [0.717, 1.165) is 24.4 Å². The number of halogens is 1. The van der Waals surface area contributed by atoms with Gasteiger partial charge in [0.2, 0.25) is 0 Å². The number of carboxylic acid groups (broad SMARTS) is 1. The number of rotatable bonds is 6. The summed E-state index contributed by atoms with van der Waals surface area (Å²) in [6.07, 6.45) is 3.19. The van der Waals surface area contributed by atoms with Crippen molar-refractivity contribution in [3.8, 4) is 0 Å². The molecule has 1 fully saturated rings. The molecule has 0 aromatic heterocycles. The molecule has 3 nitrogen and oxygen atoms in total. The van der Waals surface area contributed by atoms with Gasteiger partial charge in [0.25, 0.3) is 0 Å². The molecule has 0 heterocycles. The first-order valence-corrected chi connectivity index (χ1v) is 6.73. The molecule has 1 saturated carbocycles. The minimum Gasteiger partial charge on any atom is -0.481 e. The average molecular weight is 268 g/mol. The van der Waals surface area contributed by atoms with E-state index in [1.807, 2.05) is 18.2 Å². The highest BCUT2D eigenvalue weighted by Crippen LogP contribution is 2.37. The Morgan fingerprint density at radius 2 is 2.22 bits per heavy atom. The molecule has 0 unspecified atom stereocenters. The van der Waals surface area contributed by atoms with Crippen molar-refractivity contribution in [2.75, 3.05) is 6.54 Å². The summed E-state index contributed by atoms with van der Waals surface area (Å²) in [7, 11) is 0. The molecule has 0 aliphatic heterocycles. The zero-order valence-electron chi connectivity index (χ0n) is 10.2. The van der Waals surface area contributed by atoms with Crippen molar-refractivity contribution >= 4 is 17.6 Å². The van der Waals surface area contributed by atoms with Crippen molar-refractivity contribution < 1.29 is 9.90 Å². The summed E-state index contributed by atoms with van der Waals surface area (Å²) >= 11 is 5.97. The van der Waals surface area contributed by atoms with Gasteiger partial charge in [-0.25, -0.2) is 0 Å². The van der Waals surface area contributed by atoms with Crippen LogP contribution in [0.1, 0.15) is 37.2 Å². The van der Waals surface area contributed by atoms with Crippen molar-refractivity contribution in [2.45, 2.75) is 37.6 Å². The second-order valence-electron chi connectivity index (χ2n) is 4.87. The van der Waals surface area contributed by atoms with Crippen LogP contribution in [0.25, 0.3) is 0 Å². The lowest BCUT2D eigenvalue weighted by Crippen LogP contribution is -2.40. The highest BCUT2D eigenvalue weighted by Gasteiger charge is 2.29. The second kappa shape index (κ2) is 6.21. The number of aliphatic carboxylic acids is 1. The van der Waals surface area contributed by atoms with Gasteiger partial charge < -0.3 is 10.4 Å². The quantitative estimate of drug-likeness (QED) is 0.779. The molecule has 2 N–H and O–H groups in total. The third kappa shape index (κ3) is 3.72. The third-order valence-electron chi connectivity index (χ3n) is 3.46. The van der Waals surface area contributed by atoms with Gasteiger partial charge in [0.05, 0.1) is 0 Å². The maximum atomic E-state index is 10.4. The summed E-state index contributed by atoms with van der Waals surface area (Å²) in [6, 6.07) is 8.57. The summed E-state index contributed by atoms with van der Waals surface area (Å²) in [4.78, 5) is 10.4. The zero-order chi connectivity index (χ0) is 13.0. The number of nitrogens with one attached hydrogen (secondary N) is 1. The Balaban J connectivity index is 1.66. The van der Waals surface area contributed by atoms with Crippen LogP contribution in [0.2, 0.25) is 5.02 Å². The number of benzene rings is 1. The van der Waals surface area contributed by atoms with Crippen LogP contribution in [0.5, 0.6) is 0 Å². The molecule has 1 aliphatic carbocycles. The molecule has 0 atom stereocenters. The largest absolute Gasteiger partial charge is 0.481 e. The fourth-order valence-electron chi connectivity index (χ4n) is 2.36. The lowest BCUT2D eigenvalue weighted by molar-refractivity contribution is -0.137. The Morgan fingerprint density at radius 3 is 2.89 bits per heavy atom. The van der Waals surface area contributed by atoms with Crippen LogP contribution >= 0.6 is 11.6 Å². The summed E-state index contributed by atoms with van der Waals surface area (Å²) in [5.41, 5.74) is 1.31. The first kappa shape index (κ1) is 13.4. The Bertz CT molecular complexity index is 416. The highest BCUT2D eigenvalue weighted by atomic mass is 35.5. The maximum Gasteiger partial charge on any atom is 0.303 e. The lowest BCUT2D eigenvalue weighted by atomic mass is 9.76. The SMILES string of the molecule is O=C(O)CCCNC1CC(c2cccc(Cl)c2)C1. The summed E-state index contributed by atoms with van der Waals surface area (Å²) in [6.45, 7) is 0.791. The van der Waals surface area contributed by atoms with Gasteiger partial charge in [-0.1, -0.05) is 23.7 Å². The van der Waals surface area contributed by atoms with Crippen LogP contribution < -0.4 is 5.32 Å². The fourth-order valence-corrected chi connectivity index (χ4v) is 2.56. The molecule has 1 aromatic carbocycles. The monoisotopic (exact) mass is 267 g/mol. The van der Waals surface area contributed by atoms with E-state index >= 15 is 0 Å². The number of hydrogen-bond acceptors (Lipinski definition) is 2. The summed E-state index contributed by atoms with van der Waals surface area (Å²) < 4.78 is 0. The van der Waals surface area contributed by atoms with Gasteiger partial charge >= 0.3 is 5.97 Å².